The predicted molar refractivity (Wildman–Crippen MR) is 159 cm³/mol. The van der Waals surface area contributed by atoms with E-state index in [0.29, 0.717) is 30.4 Å². The molecule has 10 heteroatoms. The zero-order valence-electron chi connectivity index (χ0n) is 26.9. The molecule has 0 aromatic carbocycles. The highest BCUT2D eigenvalue weighted by molar-refractivity contribution is 5.87. The van der Waals surface area contributed by atoms with E-state index in [1.54, 1.807) is 26.8 Å². The number of hydrogen-bond acceptors (Lipinski definition) is 10. The summed E-state index contributed by atoms with van der Waals surface area (Å²) in [5.41, 5.74) is 1.31. The Kier molecular flexibility index (Phi) is 11.5. The monoisotopic (exact) mass is 608 g/mol. The van der Waals surface area contributed by atoms with Crippen molar-refractivity contribution < 1.29 is 49.0 Å². The summed E-state index contributed by atoms with van der Waals surface area (Å²) in [6, 6.07) is 0. The number of aliphatic hydroxyl groups is 4. The van der Waals surface area contributed by atoms with Gasteiger partial charge in [-0.25, -0.2) is 4.79 Å². The number of fused-ring (bicyclic) bond motifs is 1. The van der Waals surface area contributed by atoms with E-state index in [0.717, 1.165) is 6.42 Å². The number of esters is 2. The molecule has 1 saturated heterocycles. The minimum absolute atomic E-state index is 0.0725. The Morgan fingerprint density at radius 1 is 1.19 bits per heavy atom. The maximum absolute atomic E-state index is 13.1. The van der Waals surface area contributed by atoms with Gasteiger partial charge in [0.15, 0.2) is 12.4 Å². The molecule has 0 bridgehead atoms. The van der Waals surface area contributed by atoms with E-state index in [1.807, 2.05) is 0 Å². The van der Waals surface area contributed by atoms with E-state index in [-0.39, 0.29) is 23.9 Å². The van der Waals surface area contributed by atoms with Crippen LogP contribution >= 0.6 is 0 Å². The molecule has 1 heterocycles. The van der Waals surface area contributed by atoms with Crippen LogP contribution in [0.4, 0.5) is 0 Å². The molecule has 10 nitrogen and oxygen atoms in total. The average Bonchev–Trinajstić information content (AvgIpc) is 2.93. The first-order valence-corrected chi connectivity index (χ1v) is 15.3. The quantitative estimate of drug-likeness (QED) is 0.165. The summed E-state index contributed by atoms with van der Waals surface area (Å²) in [7, 11) is 0. The summed E-state index contributed by atoms with van der Waals surface area (Å²) in [4.78, 5) is 24.7. The van der Waals surface area contributed by atoms with Crippen LogP contribution in [0.25, 0.3) is 0 Å². The van der Waals surface area contributed by atoms with Crippen molar-refractivity contribution in [2.45, 2.75) is 130 Å². The standard InChI is InChI=1S/C33H52O10/c1-10-17(2)30(39)43-29-24(42-31-27(38)26(37)28(20(5)40-31)41-21(6)35)15-33(9)22(13-11-19(4)23(36)16-34)18(3)12-14-25(33)32(29,7)8/h10,12,20,22-29,31,34,36-38H,4,11,13-16H2,1-3,5-9H3/b17-10-/t20-,22+,23-,24-,25+,26-,27-,28+,29+,31+,33+/m0/s1. The van der Waals surface area contributed by atoms with Gasteiger partial charge in [0, 0.05) is 17.9 Å². The number of carbonyl (C=O) groups excluding carboxylic acids is 2. The molecule has 43 heavy (non-hydrogen) atoms. The summed E-state index contributed by atoms with van der Waals surface area (Å²) in [5, 5.41) is 41.4. The van der Waals surface area contributed by atoms with Crippen molar-refractivity contribution in [1.82, 2.24) is 0 Å². The van der Waals surface area contributed by atoms with Crippen LogP contribution < -0.4 is 0 Å². The molecular formula is C33H52O10. The van der Waals surface area contributed by atoms with Crippen LogP contribution in [0.2, 0.25) is 0 Å². The fourth-order valence-corrected chi connectivity index (χ4v) is 7.63. The summed E-state index contributed by atoms with van der Waals surface area (Å²) < 4.78 is 23.9. The van der Waals surface area contributed by atoms with Gasteiger partial charge in [-0.3, -0.25) is 4.79 Å². The molecule has 11 atom stereocenters. The highest BCUT2D eigenvalue weighted by Gasteiger charge is 2.61. The normalized spacial score (nSPS) is 38.4. The van der Waals surface area contributed by atoms with Crippen molar-refractivity contribution in [3.05, 3.63) is 35.5 Å². The number of allylic oxidation sites excluding steroid dienone is 3. The molecule has 1 aliphatic heterocycles. The first kappa shape index (κ1) is 35.4. The molecule has 0 amide bonds. The molecule has 2 aliphatic carbocycles. The third-order valence-corrected chi connectivity index (χ3v) is 10.2. The highest BCUT2D eigenvalue weighted by atomic mass is 16.7. The van der Waals surface area contributed by atoms with Crippen LogP contribution in [0, 0.1) is 22.7 Å². The molecule has 0 spiro atoms. The van der Waals surface area contributed by atoms with Gasteiger partial charge in [0.1, 0.15) is 18.3 Å². The topological polar surface area (TPSA) is 152 Å². The lowest BCUT2D eigenvalue weighted by atomic mass is 9.46. The molecule has 0 aromatic heterocycles. The van der Waals surface area contributed by atoms with Gasteiger partial charge >= 0.3 is 11.9 Å². The Morgan fingerprint density at radius 2 is 1.84 bits per heavy atom. The number of rotatable bonds is 10. The number of aliphatic hydroxyl groups excluding tert-OH is 4. The second kappa shape index (κ2) is 13.9. The van der Waals surface area contributed by atoms with Crippen molar-refractivity contribution in [2.24, 2.45) is 22.7 Å². The molecule has 3 rings (SSSR count). The summed E-state index contributed by atoms with van der Waals surface area (Å²) in [5.74, 6) is -0.905. The Labute approximate surface area is 255 Å². The Hall–Kier alpha value is -2.08. The minimum atomic E-state index is -1.52. The highest BCUT2D eigenvalue weighted by Crippen LogP contribution is 2.62. The van der Waals surface area contributed by atoms with Crippen molar-refractivity contribution >= 4 is 11.9 Å². The SMILES string of the molecule is C=C(CC[C@@H]1C(C)=CC[C@@H]2C(C)(C)[C@H](OC(=O)/C(C)=C\C)[C@@H](O[C@H]3O[C@@H](C)[C@@H](OC(C)=O)[C@@H](O)[C@@H]3O)C[C@]12C)[C@@H](O)CO. The van der Waals surface area contributed by atoms with Gasteiger partial charge < -0.3 is 39.4 Å². The first-order chi connectivity index (χ1) is 20.0. The van der Waals surface area contributed by atoms with Crippen molar-refractivity contribution in [3.63, 3.8) is 0 Å². The molecule has 1 saturated carbocycles. The van der Waals surface area contributed by atoms with Gasteiger partial charge in [0.2, 0.25) is 0 Å². The molecule has 244 valence electrons. The summed E-state index contributed by atoms with van der Waals surface area (Å²) >= 11 is 0. The maximum atomic E-state index is 13.1. The fraction of sp³-hybridized carbons (Fsp3) is 0.758. The molecule has 0 radical (unpaired) electrons. The maximum Gasteiger partial charge on any atom is 0.333 e. The van der Waals surface area contributed by atoms with Crippen LogP contribution in [-0.4, -0.2) is 88.0 Å². The second-order valence-electron chi connectivity index (χ2n) is 13.5. The molecule has 2 fully saturated rings. The Morgan fingerprint density at radius 3 is 2.42 bits per heavy atom. The predicted octanol–water partition coefficient (Wildman–Crippen LogP) is 3.36. The average molecular weight is 609 g/mol. The van der Waals surface area contributed by atoms with Crippen molar-refractivity contribution in [2.75, 3.05) is 6.61 Å². The Bertz CT molecular complexity index is 1100. The summed E-state index contributed by atoms with van der Waals surface area (Å²) in [6.45, 7) is 18.4. The smallest absolute Gasteiger partial charge is 0.333 e. The Balaban J connectivity index is 1.99. The van der Waals surface area contributed by atoms with E-state index >= 15 is 0 Å². The molecule has 0 unspecified atom stereocenters. The van der Waals surface area contributed by atoms with E-state index in [9.17, 15) is 30.0 Å². The largest absolute Gasteiger partial charge is 0.457 e. The number of ether oxygens (including phenoxy) is 4. The zero-order valence-corrected chi connectivity index (χ0v) is 26.9. The number of hydrogen-bond donors (Lipinski definition) is 4. The van der Waals surface area contributed by atoms with Crippen LogP contribution in [0.1, 0.15) is 81.1 Å². The molecular weight excluding hydrogens is 556 g/mol. The molecule has 3 aliphatic rings. The fourth-order valence-electron chi connectivity index (χ4n) is 7.63. The van der Waals surface area contributed by atoms with Gasteiger partial charge in [0.25, 0.3) is 0 Å². The van der Waals surface area contributed by atoms with Gasteiger partial charge in [-0.05, 0) is 76.2 Å². The minimum Gasteiger partial charge on any atom is -0.457 e. The lowest BCUT2D eigenvalue weighted by Gasteiger charge is -2.61. The van der Waals surface area contributed by atoms with Crippen molar-refractivity contribution in [3.8, 4) is 0 Å². The van der Waals surface area contributed by atoms with Crippen LogP contribution in [0.15, 0.2) is 35.5 Å². The van der Waals surface area contributed by atoms with E-state index in [2.05, 4.69) is 40.3 Å². The van der Waals surface area contributed by atoms with E-state index in [4.69, 9.17) is 18.9 Å². The lowest BCUT2D eigenvalue weighted by molar-refractivity contribution is -0.326. The van der Waals surface area contributed by atoms with Crippen LogP contribution in [-0.2, 0) is 28.5 Å². The van der Waals surface area contributed by atoms with E-state index in [1.165, 1.54) is 12.5 Å². The van der Waals surface area contributed by atoms with Gasteiger partial charge in [0.05, 0.1) is 24.9 Å². The van der Waals surface area contributed by atoms with Crippen LogP contribution in [0.5, 0.6) is 0 Å². The van der Waals surface area contributed by atoms with Gasteiger partial charge in [-0.15, -0.1) is 0 Å². The number of carbonyl (C=O) groups is 2. The molecule has 0 aromatic rings. The van der Waals surface area contributed by atoms with Gasteiger partial charge in [-0.2, -0.15) is 0 Å². The summed E-state index contributed by atoms with van der Waals surface area (Å²) in [6.07, 6.45) is -2.09. The van der Waals surface area contributed by atoms with Crippen LogP contribution in [0.3, 0.4) is 0 Å². The van der Waals surface area contributed by atoms with Crippen molar-refractivity contribution in [1.29, 1.82) is 0 Å². The van der Waals surface area contributed by atoms with Gasteiger partial charge in [-0.1, -0.05) is 45.1 Å². The first-order valence-electron chi connectivity index (χ1n) is 15.3. The second-order valence-corrected chi connectivity index (χ2v) is 13.5. The van der Waals surface area contributed by atoms with E-state index < -0.39 is 66.4 Å². The molecule has 4 N–H and O–H groups in total. The third-order valence-electron chi connectivity index (χ3n) is 10.2. The zero-order chi connectivity index (χ0) is 32.4. The lowest BCUT2D eigenvalue weighted by Crippen LogP contribution is -2.64. The third kappa shape index (κ3) is 7.26.